The molecule has 2 rings (SSSR count). The number of hydrogen-bond donors (Lipinski definition) is 3. The van der Waals surface area contributed by atoms with Crippen molar-refractivity contribution in [2.24, 2.45) is 5.73 Å². The van der Waals surface area contributed by atoms with E-state index in [1.807, 2.05) is 24.4 Å². The van der Waals surface area contributed by atoms with Gasteiger partial charge in [0.15, 0.2) is 0 Å². The van der Waals surface area contributed by atoms with Crippen LogP contribution in [-0.2, 0) is 11.2 Å². The van der Waals surface area contributed by atoms with Gasteiger partial charge >= 0.3 is 0 Å². The zero-order chi connectivity index (χ0) is 15.3. The Bertz CT molecular complexity index is 591. The lowest BCUT2D eigenvalue weighted by atomic mass is 9.92. The van der Waals surface area contributed by atoms with Gasteiger partial charge in [-0.15, -0.1) is 0 Å². The van der Waals surface area contributed by atoms with E-state index in [2.05, 4.69) is 30.2 Å². The van der Waals surface area contributed by atoms with Gasteiger partial charge in [0.2, 0.25) is 5.91 Å². The topological polar surface area (TPSA) is 70.9 Å². The van der Waals surface area contributed by atoms with E-state index in [9.17, 15) is 4.79 Å². The van der Waals surface area contributed by atoms with Crippen molar-refractivity contribution in [2.45, 2.75) is 45.1 Å². The van der Waals surface area contributed by atoms with Gasteiger partial charge in [0, 0.05) is 30.1 Å². The summed E-state index contributed by atoms with van der Waals surface area (Å²) in [4.78, 5) is 15.4. The first-order valence-electron chi connectivity index (χ1n) is 7.70. The fourth-order valence-corrected chi connectivity index (χ4v) is 2.71. The number of aromatic nitrogens is 1. The van der Waals surface area contributed by atoms with E-state index in [0.29, 0.717) is 13.0 Å². The van der Waals surface area contributed by atoms with Gasteiger partial charge in [-0.25, -0.2) is 0 Å². The molecule has 0 aliphatic heterocycles. The molecule has 4 N–H and O–H groups in total. The van der Waals surface area contributed by atoms with Crippen molar-refractivity contribution in [3.05, 3.63) is 36.0 Å². The van der Waals surface area contributed by atoms with E-state index in [4.69, 9.17) is 5.73 Å². The molecule has 0 unspecified atom stereocenters. The van der Waals surface area contributed by atoms with Crippen LogP contribution in [0.5, 0.6) is 0 Å². The summed E-state index contributed by atoms with van der Waals surface area (Å²) in [5.41, 5.74) is 7.87. The lowest BCUT2D eigenvalue weighted by Crippen LogP contribution is -2.52. The molecule has 114 valence electrons. The summed E-state index contributed by atoms with van der Waals surface area (Å²) in [6, 6.07) is 8.16. The molecule has 4 heteroatoms. The highest BCUT2D eigenvalue weighted by Gasteiger charge is 2.25. The number of hydrogen-bond acceptors (Lipinski definition) is 2. The van der Waals surface area contributed by atoms with E-state index in [1.54, 1.807) is 0 Å². The minimum Gasteiger partial charge on any atom is -0.361 e. The second-order valence-electron chi connectivity index (χ2n) is 5.60. The quantitative estimate of drug-likeness (QED) is 0.732. The first-order chi connectivity index (χ1) is 10.1. The lowest BCUT2D eigenvalue weighted by Gasteiger charge is -2.31. The van der Waals surface area contributed by atoms with E-state index in [1.165, 1.54) is 10.9 Å². The maximum absolute atomic E-state index is 12.2. The third-order valence-corrected chi connectivity index (χ3v) is 4.45. The SMILES string of the molecule is CCC(CC)(CN)NC(=O)CCc1c[nH]c2ccccc12. The summed E-state index contributed by atoms with van der Waals surface area (Å²) < 4.78 is 0. The second kappa shape index (κ2) is 6.76. The zero-order valence-electron chi connectivity index (χ0n) is 12.9. The summed E-state index contributed by atoms with van der Waals surface area (Å²) in [6.45, 7) is 4.62. The Hall–Kier alpha value is -1.81. The number of H-pyrrole nitrogens is 1. The highest BCUT2D eigenvalue weighted by atomic mass is 16.1. The monoisotopic (exact) mass is 287 g/mol. The number of carbonyl (C=O) groups is 1. The van der Waals surface area contributed by atoms with Crippen molar-refractivity contribution < 1.29 is 4.79 Å². The first kappa shape index (κ1) is 15.6. The second-order valence-corrected chi connectivity index (χ2v) is 5.60. The Kier molecular flexibility index (Phi) is 5.02. The fourth-order valence-electron chi connectivity index (χ4n) is 2.71. The highest BCUT2D eigenvalue weighted by Crippen LogP contribution is 2.19. The minimum absolute atomic E-state index is 0.0782. The molecule has 1 heterocycles. The van der Waals surface area contributed by atoms with Crippen molar-refractivity contribution >= 4 is 16.8 Å². The van der Waals surface area contributed by atoms with E-state index < -0.39 is 0 Å². The summed E-state index contributed by atoms with van der Waals surface area (Å²) in [6.07, 6.45) is 4.94. The number of carbonyl (C=O) groups excluding carboxylic acids is 1. The maximum Gasteiger partial charge on any atom is 0.220 e. The Morgan fingerprint density at radius 1 is 1.29 bits per heavy atom. The number of para-hydroxylation sites is 1. The number of benzene rings is 1. The average Bonchev–Trinajstić information content (AvgIpc) is 2.94. The highest BCUT2D eigenvalue weighted by molar-refractivity contribution is 5.84. The molecule has 1 aromatic heterocycles. The van der Waals surface area contributed by atoms with Gasteiger partial charge in [-0.05, 0) is 30.9 Å². The number of aryl methyl sites for hydroxylation is 1. The van der Waals surface area contributed by atoms with Crippen LogP contribution in [0.15, 0.2) is 30.5 Å². The van der Waals surface area contributed by atoms with Crippen LogP contribution in [0.2, 0.25) is 0 Å². The molecule has 0 saturated heterocycles. The third kappa shape index (κ3) is 3.45. The van der Waals surface area contributed by atoms with Crippen LogP contribution < -0.4 is 11.1 Å². The molecule has 0 aliphatic carbocycles. The van der Waals surface area contributed by atoms with Crippen molar-refractivity contribution in [1.29, 1.82) is 0 Å². The van der Waals surface area contributed by atoms with Crippen molar-refractivity contribution in [1.82, 2.24) is 10.3 Å². The van der Waals surface area contributed by atoms with Crippen LogP contribution in [-0.4, -0.2) is 23.0 Å². The molecule has 2 aromatic rings. The predicted octanol–water partition coefficient (Wildman–Crippen LogP) is 2.73. The molecular weight excluding hydrogens is 262 g/mol. The summed E-state index contributed by atoms with van der Waals surface area (Å²) in [7, 11) is 0. The zero-order valence-corrected chi connectivity index (χ0v) is 12.9. The number of fused-ring (bicyclic) bond motifs is 1. The molecule has 1 amide bonds. The van der Waals surface area contributed by atoms with Crippen molar-refractivity contribution in [2.75, 3.05) is 6.54 Å². The Balaban J connectivity index is 1.98. The Morgan fingerprint density at radius 2 is 2.00 bits per heavy atom. The van der Waals surface area contributed by atoms with Gasteiger partial charge < -0.3 is 16.0 Å². The van der Waals surface area contributed by atoms with Crippen LogP contribution >= 0.6 is 0 Å². The Morgan fingerprint density at radius 3 is 2.67 bits per heavy atom. The van der Waals surface area contributed by atoms with Gasteiger partial charge in [0.05, 0.1) is 5.54 Å². The molecular formula is C17H25N3O. The molecule has 0 saturated carbocycles. The third-order valence-electron chi connectivity index (χ3n) is 4.45. The fraction of sp³-hybridized carbons (Fsp3) is 0.471. The molecule has 0 aliphatic rings. The van der Waals surface area contributed by atoms with Crippen LogP contribution in [0, 0.1) is 0 Å². The normalized spacial score (nSPS) is 11.8. The summed E-state index contributed by atoms with van der Waals surface area (Å²) in [5, 5.41) is 4.31. The molecule has 0 radical (unpaired) electrons. The number of aromatic amines is 1. The van der Waals surface area contributed by atoms with Crippen molar-refractivity contribution in [3.8, 4) is 0 Å². The number of amides is 1. The number of nitrogens with two attached hydrogens (primary N) is 1. The van der Waals surface area contributed by atoms with Gasteiger partial charge in [0.1, 0.15) is 0 Å². The van der Waals surface area contributed by atoms with Gasteiger partial charge in [-0.1, -0.05) is 32.0 Å². The molecule has 4 nitrogen and oxygen atoms in total. The number of nitrogens with one attached hydrogen (secondary N) is 2. The first-order valence-corrected chi connectivity index (χ1v) is 7.70. The molecule has 0 bridgehead atoms. The van der Waals surface area contributed by atoms with Gasteiger partial charge in [-0.2, -0.15) is 0 Å². The smallest absolute Gasteiger partial charge is 0.220 e. The summed E-state index contributed by atoms with van der Waals surface area (Å²) >= 11 is 0. The van der Waals surface area contributed by atoms with Crippen LogP contribution in [0.4, 0.5) is 0 Å². The average molecular weight is 287 g/mol. The van der Waals surface area contributed by atoms with Gasteiger partial charge in [-0.3, -0.25) is 4.79 Å². The molecule has 1 aromatic carbocycles. The molecule has 0 fully saturated rings. The van der Waals surface area contributed by atoms with Crippen molar-refractivity contribution in [3.63, 3.8) is 0 Å². The maximum atomic E-state index is 12.2. The Labute approximate surface area is 126 Å². The molecule has 0 atom stereocenters. The van der Waals surface area contributed by atoms with Crippen LogP contribution in [0.25, 0.3) is 10.9 Å². The largest absolute Gasteiger partial charge is 0.361 e. The predicted molar refractivity (Wildman–Crippen MR) is 87.1 cm³/mol. The van der Waals surface area contributed by atoms with Crippen LogP contribution in [0.1, 0.15) is 38.7 Å². The minimum atomic E-state index is -0.253. The standard InChI is InChI=1S/C17H25N3O/c1-3-17(4-2,12-18)20-16(21)10-9-13-11-19-15-8-6-5-7-14(13)15/h5-8,11,19H,3-4,9-10,12,18H2,1-2H3,(H,20,21). The molecule has 0 spiro atoms. The molecule has 21 heavy (non-hydrogen) atoms. The van der Waals surface area contributed by atoms with E-state index in [0.717, 1.165) is 24.8 Å². The summed E-state index contributed by atoms with van der Waals surface area (Å²) in [5.74, 6) is 0.0782. The van der Waals surface area contributed by atoms with E-state index in [-0.39, 0.29) is 11.4 Å². The van der Waals surface area contributed by atoms with E-state index >= 15 is 0 Å². The van der Waals surface area contributed by atoms with Crippen LogP contribution in [0.3, 0.4) is 0 Å². The number of rotatable bonds is 7. The lowest BCUT2D eigenvalue weighted by molar-refractivity contribution is -0.123. The van der Waals surface area contributed by atoms with Gasteiger partial charge in [0.25, 0.3) is 0 Å².